The van der Waals surface area contributed by atoms with Gasteiger partial charge in [0, 0.05) is 32.6 Å². The van der Waals surface area contributed by atoms with Gasteiger partial charge in [0.1, 0.15) is 17.1 Å². The first-order valence-electron chi connectivity index (χ1n) is 9.94. The number of ether oxygens (including phenoxy) is 1. The number of aromatic nitrogens is 2. The minimum absolute atomic E-state index is 0.00722. The first-order valence-corrected chi connectivity index (χ1v) is 9.94. The molecule has 9 nitrogen and oxygen atoms in total. The van der Waals surface area contributed by atoms with Gasteiger partial charge in [0.15, 0.2) is 6.04 Å². The summed E-state index contributed by atoms with van der Waals surface area (Å²) in [6, 6.07) is 0.549. The Morgan fingerprint density at radius 1 is 1.26 bits per heavy atom. The van der Waals surface area contributed by atoms with E-state index in [2.05, 4.69) is 10.4 Å². The van der Waals surface area contributed by atoms with Crippen LogP contribution in [-0.4, -0.2) is 70.5 Å². The number of halogens is 3. The summed E-state index contributed by atoms with van der Waals surface area (Å²) in [6.07, 6.45) is -2.75. The van der Waals surface area contributed by atoms with Gasteiger partial charge in [-0.15, -0.1) is 0 Å². The molecular weight excluding hydrogens is 419 g/mol. The molecule has 2 aliphatic heterocycles. The summed E-state index contributed by atoms with van der Waals surface area (Å²) in [7, 11) is 0. The van der Waals surface area contributed by atoms with Crippen molar-refractivity contribution in [1.29, 1.82) is 0 Å². The molecule has 2 aliphatic rings. The number of fused-ring (bicyclic) bond motifs is 1. The van der Waals surface area contributed by atoms with E-state index < -0.39 is 30.3 Å². The Labute approximate surface area is 175 Å². The van der Waals surface area contributed by atoms with Gasteiger partial charge in [-0.05, 0) is 19.1 Å². The highest BCUT2D eigenvalue weighted by Gasteiger charge is 2.48. The SMILES string of the molecule is CCOC(=O)N1CCN(C(=O)c2cnn3c2NC(c2ccco2)CC3C(F)(F)F)CC1. The Morgan fingerprint density at radius 3 is 2.58 bits per heavy atom. The molecule has 2 unspecified atom stereocenters. The second kappa shape index (κ2) is 8.16. The third-order valence-electron chi connectivity index (χ3n) is 5.45. The van der Waals surface area contributed by atoms with Gasteiger partial charge in [-0.2, -0.15) is 18.3 Å². The molecule has 0 radical (unpaired) electrons. The second-order valence-corrected chi connectivity index (χ2v) is 7.34. The third-order valence-corrected chi connectivity index (χ3v) is 5.45. The number of hydrogen-bond acceptors (Lipinski definition) is 6. The number of nitrogens with zero attached hydrogens (tertiary/aromatic N) is 4. The molecule has 0 bridgehead atoms. The summed E-state index contributed by atoms with van der Waals surface area (Å²) in [5, 5.41) is 6.86. The molecule has 2 atom stereocenters. The molecule has 0 saturated carbocycles. The molecule has 31 heavy (non-hydrogen) atoms. The second-order valence-electron chi connectivity index (χ2n) is 7.34. The van der Waals surface area contributed by atoms with E-state index >= 15 is 0 Å². The number of alkyl halides is 3. The largest absolute Gasteiger partial charge is 0.467 e. The maximum Gasteiger partial charge on any atom is 0.410 e. The number of anilines is 1. The Kier molecular flexibility index (Phi) is 5.54. The molecule has 0 aromatic carbocycles. The summed E-state index contributed by atoms with van der Waals surface area (Å²) < 4.78 is 52.2. The number of hydrogen-bond donors (Lipinski definition) is 1. The van der Waals surface area contributed by atoms with Crippen LogP contribution in [0.5, 0.6) is 0 Å². The highest BCUT2D eigenvalue weighted by Crippen LogP contribution is 2.44. The van der Waals surface area contributed by atoms with E-state index in [0.717, 1.165) is 10.9 Å². The number of amides is 2. The zero-order valence-corrected chi connectivity index (χ0v) is 16.8. The van der Waals surface area contributed by atoms with E-state index in [1.54, 1.807) is 19.1 Å². The molecule has 2 amide bonds. The van der Waals surface area contributed by atoms with Crippen molar-refractivity contribution in [2.24, 2.45) is 0 Å². The van der Waals surface area contributed by atoms with E-state index in [1.807, 2.05) is 0 Å². The number of piperazine rings is 1. The maximum absolute atomic E-state index is 13.7. The summed E-state index contributed by atoms with van der Waals surface area (Å²) in [4.78, 5) is 27.9. The van der Waals surface area contributed by atoms with E-state index in [4.69, 9.17) is 9.15 Å². The van der Waals surface area contributed by atoms with Crippen molar-refractivity contribution >= 4 is 17.8 Å². The van der Waals surface area contributed by atoms with E-state index in [0.29, 0.717) is 5.76 Å². The average molecular weight is 441 g/mol. The highest BCUT2D eigenvalue weighted by molar-refractivity contribution is 5.99. The highest BCUT2D eigenvalue weighted by atomic mass is 19.4. The summed E-state index contributed by atoms with van der Waals surface area (Å²) >= 11 is 0. The number of carbonyl (C=O) groups excluding carboxylic acids is 2. The van der Waals surface area contributed by atoms with Crippen LogP contribution in [-0.2, 0) is 4.74 Å². The molecule has 0 aliphatic carbocycles. The summed E-state index contributed by atoms with van der Waals surface area (Å²) in [5.74, 6) is -0.0887. The molecule has 1 fully saturated rings. The van der Waals surface area contributed by atoms with Gasteiger partial charge in [0.2, 0.25) is 0 Å². The molecule has 2 aromatic rings. The molecule has 12 heteroatoms. The Morgan fingerprint density at radius 2 is 1.97 bits per heavy atom. The summed E-state index contributed by atoms with van der Waals surface area (Å²) in [5.41, 5.74) is 0.0510. The fraction of sp³-hybridized carbons (Fsp3) is 0.526. The lowest BCUT2D eigenvalue weighted by molar-refractivity contribution is -0.174. The molecular formula is C19H22F3N5O4. The Hall–Kier alpha value is -3.18. The van der Waals surface area contributed by atoms with E-state index in [-0.39, 0.29) is 50.6 Å². The van der Waals surface area contributed by atoms with Crippen molar-refractivity contribution in [2.75, 3.05) is 38.1 Å². The maximum atomic E-state index is 13.7. The lowest BCUT2D eigenvalue weighted by atomic mass is 10.0. The molecule has 168 valence electrons. The topological polar surface area (TPSA) is 92.8 Å². The van der Waals surface area contributed by atoms with Gasteiger partial charge in [0.25, 0.3) is 5.91 Å². The van der Waals surface area contributed by atoms with Crippen molar-refractivity contribution in [1.82, 2.24) is 19.6 Å². The monoisotopic (exact) mass is 441 g/mol. The van der Waals surface area contributed by atoms with Crippen molar-refractivity contribution in [3.63, 3.8) is 0 Å². The lowest BCUT2D eigenvalue weighted by Crippen LogP contribution is -2.50. The van der Waals surface area contributed by atoms with Crippen LogP contribution < -0.4 is 5.32 Å². The number of nitrogens with one attached hydrogen (secondary N) is 1. The van der Waals surface area contributed by atoms with Crippen LogP contribution >= 0.6 is 0 Å². The van der Waals surface area contributed by atoms with E-state index in [9.17, 15) is 22.8 Å². The number of rotatable bonds is 3. The third kappa shape index (κ3) is 4.06. The van der Waals surface area contributed by atoms with Gasteiger partial charge in [-0.1, -0.05) is 0 Å². The number of furan rings is 1. The standard InChI is InChI=1S/C19H22F3N5O4/c1-2-30-18(29)26-7-5-25(6-8-26)17(28)12-11-23-27-15(19(20,21)22)10-13(24-16(12)27)14-4-3-9-31-14/h3-4,9,11,13,15,24H,2,5-8,10H2,1H3. The quantitative estimate of drug-likeness (QED) is 0.787. The van der Waals surface area contributed by atoms with Crippen molar-refractivity contribution in [2.45, 2.75) is 31.6 Å². The van der Waals surface area contributed by atoms with Crippen molar-refractivity contribution in [3.8, 4) is 0 Å². The van der Waals surface area contributed by atoms with Gasteiger partial charge in [0.05, 0.1) is 25.1 Å². The molecule has 4 rings (SSSR count). The first kappa shape index (κ1) is 21.1. The smallest absolute Gasteiger partial charge is 0.410 e. The fourth-order valence-electron chi connectivity index (χ4n) is 3.87. The van der Waals surface area contributed by atoms with Crippen LogP contribution in [0.2, 0.25) is 0 Å². The molecule has 0 spiro atoms. The first-order chi connectivity index (χ1) is 14.8. The van der Waals surface area contributed by atoms with Crippen LogP contribution in [0.1, 0.15) is 41.5 Å². The lowest BCUT2D eigenvalue weighted by Gasteiger charge is -2.35. The fourth-order valence-corrected chi connectivity index (χ4v) is 3.87. The molecule has 2 aromatic heterocycles. The number of carbonyl (C=O) groups is 2. The predicted octanol–water partition coefficient (Wildman–Crippen LogP) is 3.05. The van der Waals surface area contributed by atoms with E-state index in [1.165, 1.54) is 16.1 Å². The molecule has 1 N–H and O–H groups in total. The van der Waals surface area contributed by atoms with Gasteiger partial charge >= 0.3 is 12.3 Å². The van der Waals surface area contributed by atoms with Crippen LogP contribution in [0.4, 0.5) is 23.8 Å². The van der Waals surface area contributed by atoms with Gasteiger partial charge < -0.3 is 24.3 Å². The van der Waals surface area contributed by atoms with Crippen molar-refractivity contribution < 1.29 is 31.9 Å². The Bertz CT molecular complexity index is 935. The Balaban J connectivity index is 1.55. The molecule has 4 heterocycles. The predicted molar refractivity (Wildman–Crippen MR) is 102 cm³/mol. The summed E-state index contributed by atoms with van der Waals surface area (Å²) in [6.45, 7) is 3.00. The minimum Gasteiger partial charge on any atom is -0.467 e. The average Bonchev–Trinajstić information content (AvgIpc) is 3.42. The normalized spacial score (nSPS) is 21.4. The zero-order valence-electron chi connectivity index (χ0n) is 16.8. The minimum atomic E-state index is -4.54. The van der Waals surface area contributed by atoms with Crippen LogP contribution in [0, 0.1) is 0 Å². The van der Waals surface area contributed by atoms with Crippen molar-refractivity contribution in [3.05, 3.63) is 35.9 Å². The van der Waals surface area contributed by atoms with Gasteiger partial charge in [-0.3, -0.25) is 4.79 Å². The van der Waals surface area contributed by atoms with Crippen LogP contribution in [0.15, 0.2) is 29.0 Å². The van der Waals surface area contributed by atoms with Crippen LogP contribution in [0.25, 0.3) is 0 Å². The van der Waals surface area contributed by atoms with Gasteiger partial charge in [-0.25, -0.2) is 9.48 Å². The van der Waals surface area contributed by atoms with Crippen LogP contribution in [0.3, 0.4) is 0 Å². The molecule has 1 saturated heterocycles. The zero-order chi connectivity index (χ0) is 22.2.